The highest BCUT2D eigenvalue weighted by atomic mass is 16.5. The highest BCUT2D eigenvalue weighted by Crippen LogP contribution is 2.11. The molecular weight excluding hydrogens is 304 g/mol. The van der Waals surface area contributed by atoms with Gasteiger partial charge in [0, 0.05) is 12.6 Å². The Kier molecular flexibility index (Phi) is 6.78. The zero-order valence-corrected chi connectivity index (χ0v) is 13.8. The highest BCUT2D eigenvalue weighted by molar-refractivity contribution is 5.81. The minimum absolute atomic E-state index is 0.438. The standard InChI is InChI=1S/C19H24N2O3/c1-24-16-9-7-14(8-10-16)11-12-21-19(23)18(22)17(20)13-15-5-3-2-4-6-15/h2-10,17-18,22H,11-13,20H2,1H3,(H,21,23)/t17-,18+/m0/s1. The summed E-state index contributed by atoms with van der Waals surface area (Å²) in [4.78, 5) is 12.0. The smallest absolute Gasteiger partial charge is 0.250 e. The molecule has 5 nitrogen and oxygen atoms in total. The van der Waals surface area contributed by atoms with Crippen LogP contribution in [0.25, 0.3) is 0 Å². The number of amides is 1. The van der Waals surface area contributed by atoms with E-state index in [9.17, 15) is 9.90 Å². The minimum atomic E-state index is -1.22. The third kappa shape index (κ3) is 5.37. The normalized spacial score (nSPS) is 13.1. The van der Waals surface area contributed by atoms with Gasteiger partial charge in [-0.2, -0.15) is 0 Å². The maximum Gasteiger partial charge on any atom is 0.250 e. The summed E-state index contributed by atoms with van der Waals surface area (Å²) in [6, 6.07) is 16.6. The Labute approximate surface area is 142 Å². The molecule has 0 aliphatic rings. The Hall–Kier alpha value is -2.37. The Morgan fingerprint density at radius 1 is 1.12 bits per heavy atom. The second kappa shape index (κ2) is 9.05. The molecule has 5 heteroatoms. The molecule has 0 aliphatic carbocycles. The number of methoxy groups -OCH3 is 1. The van der Waals surface area contributed by atoms with Crippen LogP contribution in [-0.4, -0.2) is 36.8 Å². The first-order chi connectivity index (χ1) is 11.6. The van der Waals surface area contributed by atoms with Crippen molar-refractivity contribution in [2.24, 2.45) is 5.73 Å². The van der Waals surface area contributed by atoms with Crippen LogP contribution < -0.4 is 15.8 Å². The number of nitrogens with one attached hydrogen (secondary N) is 1. The van der Waals surface area contributed by atoms with Crippen molar-refractivity contribution in [1.29, 1.82) is 0 Å². The van der Waals surface area contributed by atoms with E-state index in [0.717, 1.165) is 16.9 Å². The summed E-state index contributed by atoms with van der Waals surface area (Å²) in [5, 5.41) is 12.8. The summed E-state index contributed by atoms with van der Waals surface area (Å²) in [6.45, 7) is 0.445. The van der Waals surface area contributed by atoms with Crippen molar-refractivity contribution in [3.63, 3.8) is 0 Å². The van der Waals surface area contributed by atoms with Gasteiger partial charge in [-0.1, -0.05) is 42.5 Å². The fourth-order valence-electron chi connectivity index (χ4n) is 2.42. The molecule has 0 unspecified atom stereocenters. The molecule has 2 aromatic rings. The molecule has 0 bridgehead atoms. The maximum absolute atomic E-state index is 12.0. The van der Waals surface area contributed by atoms with E-state index in [2.05, 4.69) is 5.32 Å². The lowest BCUT2D eigenvalue weighted by atomic mass is 10.0. The predicted octanol–water partition coefficient (Wildman–Crippen LogP) is 1.28. The van der Waals surface area contributed by atoms with E-state index in [-0.39, 0.29) is 0 Å². The Morgan fingerprint density at radius 2 is 1.79 bits per heavy atom. The average Bonchev–Trinajstić information content (AvgIpc) is 2.62. The van der Waals surface area contributed by atoms with E-state index in [1.165, 1.54) is 0 Å². The molecular formula is C19H24N2O3. The summed E-state index contributed by atoms with van der Waals surface area (Å²) in [6.07, 6.45) is -0.0920. The number of hydrogen-bond acceptors (Lipinski definition) is 4. The number of benzene rings is 2. The molecule has 0 spiro atoms. The van der Waals surface area contributed by atoms with Crippen molar-refractivity contribution in [2.75, 3.05) is 13.7 Å². The summed E-state index contributed by atoms with van der Waals surface area (Å²) < 4.78 is 5.10. The van der Waals surface area contributed by atoms with Crippen LogP contribution in [0, 0.1) is 0 Å². The maximum atomic E-state index is 12.0. The Bertz CT molecular complexity index is 629. The first kappa shape index (κ1) is 18.0. The third-order valence-corrected chi connectivity index (χ3v) is 3.86. The van der Waals surface area contributed by atoms with Gasteiger partial charge in [-0.15, -0.1) is 0 Å². The molecule has 0 fully saturated rings. The van der Waals surface area contributed by atoms with Gasteiger partial charge in [-0.3, -0.25) is 4.79 Å². The van der Waals surface area contributed by atoms with E-state index in [0.29, 0.717) is 19.4 Å². The second-order valence-corrected chi connectivity index (χ2v) is 5.69. The van der Waals surface area contributed by atoms with Gasteiger partial charge in [0.2, 0.25) is 5.91 Å². The van der Waals surface area contributed by atoms with E-state index < -0.39 is 18.1 Å². The number of rotatable bonds is 8. The molecule has 128 valence electrons. The van der Waals surface area contributed by atoms with Gasteiger partial charge in [0.15, 0.2) is 0 Å². The third-order valence-electron chi connectivity index (χ3n) is 3.86. The molecule has 0 heterocycles. The molecule has 24 heavy (non-hydrogen) atoms. The molecule has 1 amide bonds. The molecule has 4 N–H and O–H groups in total. The molecule has 2 aromatic carbocycles. The predicted molar refractivity (Wildman–Crippen MR) is 93.8 cm³/mol. The quantitative estimate of drug-likeness (QED) is 0.682. The number of aliphatic hydroxyl groups is 1. The SMILES string of the molecule is COc1ccc(CCNC(=O)[C@H](O)[C@@H](N)Cc2ccccc2)cc1. The van der Waals surface area contributed by atoms with Crippen LogP contribution in [0.3, 0.4) is 0 Å². The zero-order valence-electron chi connectivity index (χ0n) is 13.8. The number of hydrogen-bond donors (Lipinski definition) is 3. The van der Waals surface area contributed by atoms with Crippen LogP contribution >= 0.6 is 0 Å². The second-order valence-electron chi connectivity index (χ2n) is 5.69. The number of aliphatic hydroxyl groups excluding tert-OH is 1. The van der Waals surface area contributed by atoms with E-state index in [1.54, 1.807) is 7.11 Å². The van der Waals surface area contributed by atoms with E-state index >= 15 is 0 Å². The van der Waals surface area contributed by atoms with Gasteiger partial charge in [0.1, 0.15) is 11.9 Å². The van der Waals surface area contributed by atoms with Gasteiger partial charge < -0.3 is 20.9 Å². The van der Waals surface area contributed by atoms with Crippen LogP contribution in [0.2, 0.25) is 0 Å². The molecule has 0 aliphatic heterocycles. The first-order valence-corrected chi connectivity index (χ1v) is 7.98. The summed E-state index contributed by atoms with van der Waals surface area (Å²) >= 11 is 0. The number of carbonyl (C=O) groups is 1. The van der Waals surface area contributed by atoms with E-state index in [1.807, 2.05) is 54.6 Å². The van der Waals surface area contributed by atoms with Crippen molar-refractivity contribution >= 4 is 5.91 Å². The van der Waals surface area contributed by atoms with Crippen molar-refractivity contribution in [2.45, 2.75) is 25.0 Å². The lowest BCUT2D eigenvalue weighted by Gasteiger charge is -2.18. The molecule has 0 aromatic heterocycles. The van der Waals surface area contributed by atoms with Gasteiger partial charge in [0.05, 0.1) is 7.11 Å². The minimum Gasteiger partial charge on any atom is -0.497 e. The van der Waals surface area contributed by atoms with Crippen LogP contribution in [0.1, 0.15) is 11.1 Å². The Balaban J connectivity index is 1.76. The number of ether oxygens (including phenoxy) is 1. The van der Waals surface area contributed by atoms with Crippen molar-refractivity contribution in [3.8, 4) is 5.75 Å². The summed E-state index contributed by atoms with van der Waals surface area (Å²) in [7, 11) is 1.62. The summed E-state index contributed by atoms with van der Waals surface area (Å²) in [5.74, 6) is 0.358. The monoisotopic (exact) mass is 328 g/mol. The molecule has 0 radical (unpaired) electrons. The van der Waals surface area contributed by atoms with Gasteiger partial charge in [-0.05, 0) is 36.1 Å². The highest BCUT2D eigenvalue weighted by Gasteiger charge is 2.22. The topological polar surface area (TPSA) is 84.6 Å². The largest absolute Gasteiger partial charge is 0.497 e. The van der Waals surface area contributed by atoms with Crippen LogP contribution in [0.5, 0.6) is 5.75 Å². The van der Waals surface area contributed by atoms with Crippen LogP contribution in [0.15, 0.2) is 54.6 Å². The molecule has 2 rings (SSSR count). The molecule has 0 saturated heterocycles. The fraction of sp³-hybridized carbons (Fsp3) is 0.316. The fourth-order valence-corrected chi connectivity index (χ4v) is 2.42. The molecule has 2 atom stereocenters. The Morgan fingerprint density at radius 3 is 2.42 bits per heavy atom. The van der Waals surface area contributed by atoms with Gasteiger partial charge >= 0.3 is 0 Å². The number of nitrogens with two attached hydrogens (primary N) is 1. The summed E-state index contributed by atoms with van der Waals surface area (Å²) in [5.41, 5.74) is 8.02. The van der Waals surface area contributed by atoms with Crippen molar-refractivity contribution in [3.05, 3.63) is 65.7 Å². The molecule has 0 saturated carbocycles. The first-order valence-electron chi connectivity index (χ1n) is 7.98. The van der Waals surface area contributed by atoms with Crippen LogP contribution in [0.4, 0.5) is 0 Å². The van der Waals surface area contributed by atoms with Crippen molar-refractivity contribution in [1.82, 2.24) is 5.32 Å². The van der Waals surface area contributed by atoms with Gasteiger partial charge in [0.25, 0.3) is 0 Å². The van der Waals surface area contributed by atoms with Crippen molar-refractivity contribution < 1.29 is 14.6 Å². The number of carbonyl (C=O) groups excluding carboxylic acids is 1. The van der Waals surface area contributed by atoms with Crippen LogP contribution in [-0.2, 0) is 17.6 Å². The van der Waals surface area contributed by atoms with Gasteiger partial charge in [-0.25, -0.2) is 0 Å². The lowest BCUT2D eigenvalue weighted by Crippen LogP contribution is -2.47. The van der Waals surface area contributed by atoms with E-state index in [4.69, 9.17) is 10.5 Å². The zero-order chi connectivity index (χ0) is 17.4. The average molecular weight is 328 g/mol. The lowest BCUT2D eigenvalue weighted by molar-refractivity contribution is -0.130.